The Morgan fingerprint density at radius 1 is 1.19 bits per heavy atom. The van der Waals surface area contributed by atoms with E-state index < -0.39 is 15.9 Å². The smallest absolute Gasteiger partial charge is 0.240 e. The topological polar surface area (TPSA) is 105 Å². The van der Waals surface area contributed by atoms with Crippen molar-refractivity contribution >= 4 is 44.8 Å². The van der Waals surface area contributed by atoms with Gasteiger partial charge in [0.25, 0.3) is 0 Å². The molecule has 2 N–H and O–H groups in total. The minimum atomic E-state index is -3.69. The van der Waals surface area contributed by atoms with Crippen LogP contribution in [0.2, 0.25) is 5.02 Å². The molecule has 0 bridgehead atoms. The van der Waals surface area contributed by atoms with Gasteiger partial charge in [0.15, 0.2) is 0 Å². The van der Waals surface area contributed by atoms with Gasteiger partial charge in [0.2, 0.25) is 21.8 Å². The number of nitrogens with zero attached hydrogens (tertiary/aromatic N) is 1. The van der Waals surface area contributed by atoms with Crippen molar-refractivity contribution < 1.29 is 22.7 Å². The summed E-state index contributed by atoms with van der Waals surface area (Å²) in [6, 6.07) is 11.1. The number of amides is 2. The quantitative estimate of drug-likeness (QED) is 0.657. The first-order chi connectivity index (χ1) is 14.8. The molecule has 0 aromatic heterocycles. The molecule has 1 unspecified atom stereocenters. The number of hydrogen-bond acceptors (Lipinski definition) is 5. The molecule has 8 nitrogen and oxygen atoms in total. The summed E-state index contributed by atoms with van der Waals surface area (Å²) in [7, 11) is -2.26. The molecule has 1 aliphatic carbocycles. The van der Waals surface area contributed by atoms with Gasteiger partial charge in [0.05, 0.1) is 23.6 Å². The lowest BCUT2D eigenvalue weighted by atomic mass is 10.1. The first kappa shape index (κ1) is 21.6. The van der Waals surface area contributed by atoms with Crippen LogP contribution in [0.4, 0.5) is 11.4 Å². The summed E-state index contributed by atoms with van der Waals surface area (Å²) < 4.78 is 32.9. The highest BCUT2D eigenvalue weighted by atomic mass is 35.5. The normalized spacial score (nSPS) is 18.8. The van der Waals surface area contributed by atoms with E-state index in [9.17, 15) is 18.0 Å². The predicted octanol–water partition coefficient (Wildman–Crippen LogP) is 2.78. The second-order valence-electron chi connectivity index (χ2n) is 7.63. The van der Waals surface area contributed by atoms with E-state index >= 15 is 0 Å². The Balaban J connectivity index is 1.51. The highest BCUT2D eigenvalue weighted by molar-refractivity contribution is 7.89. The van der Waals surface area contributed by atoms with Gasteiger partial charge < -0.3 is 15.0 Å². The molecule has 2 aromatic rings. The summed E-state index contributed by atoms with van der Waals surface area (Å²) in [4.78, 5) is 26.9. The average Bonchev–Trinajstić information content (AvgIpc) is 3.44. The number of nitrogens with one attached hydrogen (secondary N) is 2. The van der Waals surface area contributed by atoms with Gasteiger partial charge in [-0.2, -0.15) is 0 Å². The minimum Gasteiger partial charge on any atom is -0.495 e. The molecule has 2 aliphatic rings. The zero-order valence-electron chi connectivity index (χ0n) is 16.8. The van der Waals surface area contributed by atoms with Crippen LogP contribution < -0.4 is 19.7 Å². The number of benzene rings is 2. The van der Waals surface area contributed by atoms with Gasteiger partial charge >= 0.3 is 0 Å². The molecule has 4 rings (SSSR count). The van der Waals surface area contributed by atoms with Crippen molar-refractivity contribution in [2.75, 3.05) is 23.9 Å². The molecule has 164 valence electrons. The lowest BCUT2D eigenvalue weighted by Crippen LogP contribution is -2.28. The first-order valence-corrected chi connectivity index (χ1v) is 11.7. The number of rotatable bonds is 7. The highest BCUT2D eigenvalue weighted by Gasteiger charge is 2.36. The Bertz CT molecular complexity index is 1130. The molecule has 2 amide bonds. The van der Waals surface area contributed by atoms with E-state index in [1.54, 1.807) is 24.3 Å². The molecule has 1 aliphatic heterocycles. The number of halogens is 1. The molecular weight excluding hydrogens is 442 g/mol. The SMILES string of the molecule is COc1ccc(S(=O)(=O)NC2CC2)cc1NC(=O)C1CC(=O)N(c2cccc(Cl)c2)C1. The third-order valence-corrected chi connectivity index (χ3v) is 7.01. The first-order valence-electron chi connectivity index (χ1n) is 9.84. The molecule has 1 saturated heterocycles. The van der Waals surface area contributed by atoms with Gasteiger partial charge in [0.1, 0.15) is 5.75 Å². The Labute approximate surface area is 185 Å². The van der Waals surface area contributed by atoms with E-state index in [2.05, 4.69) is 10.0 Å². The number of carbonyl (C=O) groups excluding carboxylic acids is 2. The van der Waals surface area contributed by atoms with Gasteiger partial charge in [-0.25, -0.2) is 13.1 Å². The van der Waals surface area contributed by atoms with E-state index in [-0.39, 0.29) is 41.4 Å². The largest absolute Gasteiger partial charge is 0.495 e. The van der Waals surface area contributed by atoms with Crippen LogP contribution in [0.15, 0.2) is 47.4 Å². The maximum atomic E-state index is 12.9. The van der Waals surface area contributed by atoms with Gasteiger partial charge in [-0.15, -0.1) is 0 Å². The molecule has 1 atom stereocenters. The number of anilines is 2. The number of ether oxygens (including phenoxy) is 1. The Morgan fingerprint density at radius 3 is 2.65 bits per heavy atom. The molecule has 0 spiro atoms. The number of sulfonamides is 1. The molecule has 1 heterocycles. The predicted molar refractivity (Wildman–Crippen MR) is 117 cm³/mol. The highest BCUT2D eigenvalue weighted by Crippen LogP contribution is 2.32. The fourth-order valence-corrected chi connectivity index (χ4v) is 4.97. The van der Waals surface area contributed by atoms with Crippen molar-refractivity contribution in [1.82, 2.24) is 4.72 Å². The molecule has 10 heteroatoms. The molecular formula is C21H22ClN3O5S. The summed E-state index contributed by atoms with van der Waals surface area (Å²) in [5.74, 6) is -0.837. The average molecular weight is 464 g/mol. The summed E-state index contributed by atoms with van der Waals surface area (Å²) in [5, 5.41) is 3.23. The van der Waals surface area contributed by atoms with Gasteiger partial charge in [0, 0.05) is 29.7 Å². The Hall–Kier alpha value is -2.62. The zero-order valence-corrected chi connectivity index (χ0v) is 18.4. The van der Waals surface area contributed by atoms with Crippen LogP contribution in [0.5, 0.6) is 5.75 Å². The van der Waals surface area contributed by atoms with Crippen molar-refractivity contribution in [3.05, 3.63) is 47.5 Å². The summed E-state index contributed by atoms with van der Waals surface area (Å²) in [5.41, 5.74) is 0.865. The molecule has 31 heavy (non-hydrogen) atoms. The maximum absolute atomic E-state index is 12.9. The van der Waals surface area contributed by atoms with E-state index in [0.29, 0.717) is 16.5 Å². The van der Waals surface area contributed by atoms with E-state index in [0.717, 1.165) is 12.8 Å². The van der Waals surface area contributed by atoms with Crippen LogP contribution in [0.1, 0.15) is 19.3 Å². The van der Waals surface area contributed by atoms with Crippen LogP contribution in [-0.2, 0) is 19.6 Å². The van der Waals surface area contributed by atoms with Crippen molar-refractivity contribution in [3.63, 3.8) is 0 Å². The molecule has 2 aromatic carbocycles. The third kappa shape index (κ3) is 4.84. The third-order valence-electron chi connectivity index (χ3n) is 5.25. The minimum absolute atomic E-state index is 0.0351. The molecule has 1 saturated carbocycles. The summed E-state index contributed by atoms with van der Waals surface area (Å²) in [6.45, 7) is 0.203. The number of hydrogen-bond donors (Lipinski definition) is 2. The lowest BCUT2D eigenvalue weighted by molar-refractivity contribution is -0.122. The van der Waals surface area contributed by atoms with Crippen LogP contribution in [0, 0.1) is 5.92 Å². The molecule has 2 fully saturated rings. The standard InChI is InChI=1S/C21H22ClN3O5S/c1-30-19-8-7-17(31(28,29)24-15-5-6-15)11-18(19)23-21(27)13-9-20(26)25(12-13)16-4-2-3-14(22)10-16/h2-4,7-8,10-11,13,15,24H,5-6,9,12H2,1H3,(H,23,27). The van der Waals surface area contributed by atoms with E-state index in [1.165, 1.54) is 30.2 Å². The van der Waals surface area contributed by atoms with Crippen molar-refractivity contribution in [3.8, 4) is 5.75 Å². The van der Waals surface area contributed by atoms with Gasteiger partial charge in [-0.05, 0) is 49.2 Å². The molecule has 0 radical (unpaired) electrons. The number of carbonyl (C=O) groups is 2. The van der Waals surface area contributed by atoms with Crippen molar-refractivity contribution in [2.45, 2.75) is 30.2 Å². The Morgan fingerprint density at radius 2 is 1.97 bits per heavy atom. The second kappa shape index (κ2) is 8.49. The van der Waals surface area contributed by atoms with E-state index in [4.69, 9.17) is 16.3 Å². The van der Waals surface area contributed by atoms with Crippen LogP contribution >= 0.6 is 11.6 Å². The fourth-order valence-electron chi connectivity index (χ4n) is 3.45. The lowest BCUT2D eigenvalue weighted by Gasteiger charge is -2.17. The van der Waals surface area contributed by atoms with Crippen LogP contribution in [-0.4, -0.2) is 39.9 Å². The van der Waals surface area contributed by atoms with Crippen molar-refractivity contribution in [1.29, 1.82) is 0 Å². The summed E-state index contributed by atoms with van der Waals surface area (Å²) >= 11 is 6.01. The van der Waals surface area contributed by atoms with Gasteiger partial charge in [-0.3, -0.25) is 9.59 Å². The van der Waals surface area contributed by atoms with Gasteiger partial charge in [-0.1, -0.05) is 17.7 Å². The Kier molecular flexibility index (Phi) is 5.92. The number of methoxy groups -OCH3 is 1. The summed E-state index contributed by atoms with van der Waals surface area (Å²) in [6.07, 6.45) is 1.68. The van der Waals surface area contributed by atoms with Crippen molar-refractivity contribution in [2.24, 2.45) is 5.92 Å². The second-order valence-corrected chi connectivity index (χ2v) is 9.78. The monoisotopic (exact) mass is 463 g/mol. The van der Waals surface area contributed by atoms with Crippen LogP contribution in [0.25, 0.3) is 0 Å². The van der Waals surface area contributed by atoms with Crippen LogP contribution in [0.3, 0.4) is 0 Å². The zero-order chi connectivity index (χ0) is 22.2. The fraction of sp³-hybridized carbons (Fsp3) is 0.333. The van der Waals surface area contributed by atoms with E-state index in [1.807, 2.05) is 0 Å². The maximum Gasteiger partial charge on any atom is 0.240 e.